The van der Waals surface area contributed by atoms with E-state index in [1.54, 1.807) is 17.6 Å². The number of nitrogens with two attached hydrogens (primary N) is 1. The van der Waals surface area contributed by atoms with Crippen molar-refractivity contribution in [2.75, 3.05) is 5.32 Å². The quantitative estimate of drug-likeness (QED) is 0.490. The molecule has 1 atom stereocenters. The molecule has 0 aliphatic heterocycles. The molecule has 3 N–H and O–H groups in total. The third-order valence-electron chi connectivity index (χ3n) is 4.06. The standard InChI is InChI=1S/C19H22N4OS/c1-3-13(2)14-6-8-15(9-7-14)23-19(20)21-11-16-12-24-18(22-16)17-5-4-10-25-17/h4-10,12-13H,3,11H2,1-2H3,(H3,20,21,23). The van der Waals surface area contributed by atoms with Gasteiger partial charge in [-0.3, -0.25) is 0 Å². The van der Waals surface area contributed by atoms with E-state index in [0.29, 0.717) is 24.3 Å². The van der Waals surface area contributed by atoms with Gasteiger partial charge in [-0.25, -0.2) is 9.98 Å². The molecule has 3 rings (SSSR count). The Hall–Kier alpha value is -2.60. The Morgan fingerprint density at radius 1 is 1.32 bits per heavy atom. The van der Waals surface area contributed by atoms with Crippen LogP contribution < -0.4 is 11.1 Å². The second-order valence-electron chi connectivity index (χ2n) is 5.88. The highest BCUT2D eigenvalue weighted by Crippen LogP contribution is 2.24. The molecule has 2 aromatic heterocycles. The summed E-state index contributed by atoms with van der Waals surface area (Å²) in [5.41, 5.74) is 8.96. The topological polar surface area (TPSA) is 76.4 Å². The summed E-state index contributed by atoms with van der Waals surface area (Å²) < 4.78 is 5.47. The lowest BCUT2D eigenvalue weighted by molar-refractivity contribution is 0.574. The highest BCUT2D eigenvalue weighted by molar-refractivity contribution is 7.13. The predicted octanol–water partition coefficient (Wildman–Crippen LogP) is 4.84. The second-order valence-corrected chi connectivity index (χ2v) is 6.83. The van der Waals surface area contributed by atoms with Gasteiger partial charge in [0.2, 0.25) is 5.89 Å². The van der Waals surface area contributed by atoms with Crippen LogP contribution in [0.25, 0.3) is 10.8 Å². The molecule has 5 nitrogen and oxygen atoms in total. The molecule has 3 aromatic rings. The lowest BCUT2D eigenvalue weighted by Gasteiger charge is -2.10. The Morgan fingerprint density at radius 3 is 2.80 bits per heavy atom. The zero-order valence-corrected chi connectivity index (χ0v) is 15.2. The first kappa shape index (κ1) is 17.2. The molecular weight excluding hydrogens is 332 g/mol. The van der Waals surface area contributed by atoms with Crippen LogP contribution in [0.15, 0.2) is 57.5 Å². The van der Waals surface area contributed by atoms with Crippen LogP contribution in [0.2, 0.25) is 0 Å². The molecule has 0 saturated heterocycles. The number of nitrogens with one attached hydrogen (secondary N) is 1. The van der Waals surface area contributed by atoms with E-state index in [2.05, 4.69) is 41.3 Å². The van der Waals surface area contributed by atoms with Crippen molar-refractivity contribution >= 4 is 23.0 Å². The largest absolute Gasteiger partial charge is 0.443 e. The number of thiophene rings is 1. The number of hydrogen-bond acceptors (Lipinski definition) is 4. The zero-order valence-electron chi connectivity index (χ0n) is 14.4. The van der Waals surface area contributed by atoms with Crippen LogP contribution in [0.5, 0.6) is 0 Å². The minimum Gasteiger partial charge on any atom is -0.443 e. The van der Waals surface area contributed by atoms with Crippen molar-refractivity contribution in [3.8, 4) is 10.8 Å². The zero-order chi connectivity index (χ0) is 17.6. The fraction of sp³-hybridized carbons (Fsp3) is 0.263. The van der Waals surface area contributed by atoms with Gasteiger partial charge in [0.1, 0.15) is 12.0 Å². The molecule has 0 spiro atoms. The first-order chi connectivity index (χ1) is 12.2. The van der Waals surface area contributed by atoms with E-state index in [9.17, 15) is 0 Å². The van der Waals surface area contributed by atoms with Gasteiger partial charge in [0.05, 0.1) is 11.4 Å². The number of aromatic nitrogens is 1. The van der Waals surface area contributed by atoms with Crippen LogP contribution in [-0.4, -0.2) is 10.9 Å². The molecule has 1 unspecified atom stereocenters. The maximum atomic E-state index is 5.96. The molecule has 2 heterocycles. The number of oxazole rings is 1. The van der Waals surface area contributed by atoms with Gasteiger partial charge < -0.3 is 15.5 Å². The van der Waals surface area contributed by atoms with Gasteiger partial charge in [-0.1, -0.05) is 32.0 Å². The Morgan fingerprint density at radius 2 is 2.12 bits per heavy atom. The van der Waals surface area contributed by atoms with Gasteiger partial charge in [-0.15, -0.1) is 11.3 Å². The molecule has 0 aliphatic rings. The third kappa shape index (κ3) is 4.48. The van der Waals surface area contributed by atoms with Crippen molar-refractivity contribution in [2.45, 2.75) is 32.7 Å². The van der Waals surface area contributed by atoms with Crippen LogP contribution in [0.1, 0.15) is 37.4 Å². The predicted molar refractivity (Wildman–Crippen MR) is 104 cm³/mol. The number of benzene rings is 1. The summed E-state index contributed by atoms with van der Waals surface area (Å²) >= 11 is 1.59. The fourth-order valence-electron chi connectivity index (χ4n) is 2.38. The lowest BCUT2D eigenvalue weighted by atomic mass is 9.99. The third-order valence-corrected chi connectivity index (χ3v) is 4.92. The van der Waals surface area contributed by atoms with Gasteiger partial charge in [-0.2, -0.15) is 0 Å². The summed E-state index contributed by atoms with van der Waals surface area (Å²) in [5.74, 6) is 1.54. The van der Waals surface area contributed by atoms with E-state index >= 15 is 0 Å². The minimum atomic E-state index is 0.358. The monoisotopic (exact) mass is 354 g/mol. The van der Waals surface area contributed by atoms with Crippen molar-refractivity contribution in [3.05, 3.63) is 59.3 Å². The normalized spacial score (nSPS) is 13.0. The van der Waals surface area contributed by atoms with Crippen molar-refractivity contribution in [2.24, 2.45) is 10.7 Å². The van der Waals surface area contributed by atoms with Gasteiger partial charge in [0.25, 0.3) is 0 Å². The molecule has 0 aliphatic carbocycles. The summed E-state index contributed by atoms with van der Waals surface area (Å²) in [6.07, 6.45) is 2.74. The van der Waals surface area contributed by atoms with Gasteiger partial charge in [-0.05, 0) is 41.5 Å². The Balaban J connectivity index is 1.58. The number of hydrogen-bond donors (Lipinski definition) is 2. The smallest absolute Gasteiger partial charge is 0.236 e. The molecular formula is C19H22N4OS. The van der Waals surface area contributed by atoms with E-state index < -0.39 is 0 Å². The molecule has 0 radical (unpaired) electrons. The number of aliphatic imine (C=N–C) groups is 1. The lowest BCUT2D eigenvalue weighted by Crippen LogP contribution is -2.22. The van der Waals surface area contributed by atoms with Crippen molar-refractivity contribution in [3.63, 3.8) is 0 Å². The fourth-order valence-corrected chi connectivity index (χ4v) is 3.03. The molecule has 0 saturated carbocycles. The summed E-state index contributed by atoms with van der Waals surface area (Å²) in [4.78, 5) is 9.75. The molecule has 130 valence electrons. The Bertz CT molecular complexity index is 821. The summed E-state index contributed by atoms with van der Waals surface area (Å²) in [7, 11) is 0. The van der Waals surface area contributed by atoms with Crippen LogP contribution in [-0.2, 0) is 6.54 Å². The number of nitrogens with zero attached hydrogens (tertiary/aromatic N) is 2. The summed E-state index contributed by atoms with van der Waals surface area (Å²) in [6.45, 7) is 4.79. The minimum absolute atomic E-state index is 0.358. The van der Waals surface area contributed by atoms with E-state index in [4.69, 9.17) is 10.2 Å². The Labute approximate surface area is 151 Å². The summed E-state index contributed by atoms with van der Waals surface area (Å²) in [6, 6.07) is 12.2. The second kappa shape index (κ2) is 7.98. The van der Waals surface area contributed by atoms with Crippen molar-refractivity contribution in [1.82, 2.24) is 4.98 Å². The van der Waals surface area contributed by atoms with Crippen LogP contribution in [0.4, 0.5) is 5.69 Å². The highest BCUT2D eigenvalue weighted by atomic mass is 32.1. The van der Waals surface area contributed by atoms with Crippen molar-refractivity contribution < 1.29 is 4.42 Å². The first-order valence-electron chi connectivity index (χ1n) is 8.31. The van der Waals surface area contributed by atoms with Gasteiger partial charge in [0.15, 0.2) is 5.96 Å². The summed E-state index contributed by atoms with van der Waals surface area (Å²) in [5, 5.41) is 5.09. The molecule has 0 bridgehead atoms. The number of guanidine groups is 1. The maximum Gasteiger partial charge on any atom is 0.236 e. The van der Waals surface area contributed by atoms with Crippen LogP contribution in [0, 0.1) is 0 Å². The van der Waals surface area contributed by atoms with E-state index in [1.165, 1.54) is 5.56 Å². The first-order valence-corrected chi connectivity index (χ1v) is 9.19. The molecule has 1 aromatic carbocycles. The van der Waals surface area contributed by atoms with Crippen LogP contribution in [0.3, 0.4) is 0 Å². The Kier molecular flexibility index (Phi) is 5.50. The number of anilines is 1. The average molecular weight is 354 g/mol. The highest BCUT2D eigenvalue weighted by Gasteiger charge is 2.07. The van der Waals surface area contributed by atoms with E-state index in [1.807, 2.05) is 29.6 Å². The molecule has 0 amide bonds. The molecule has 25 heavy (non-hydrogen) atoms. The number of rotatable bonds is 6. The van der Waals surface area contributed by atoms with Gasteiger partial charge >= 0.3 is 0 Å². The average Bonchev–Trinajstić information content (AvgIpc) is 3.31. The van der Waals surface area contributed by atoms with Gasteiger partial charge in [0, 0.05) is 5.69 Å². The molecule has 6 heteroatoms. The van der Waals surface area contributed by atoms with E-state index in [-0.39, 0.29) is 0 Å². The SMILES string of the molecule is CCC(C)c1ccc(NC(N)=NCc2coc(-c3cccs3)n2)cc1. The molecule has 0 fully saturated rings. The maximum absolute atomic E-state index is 5.96. The van der Waals surface area contributed by atoms with Crippen molar-refractivity contribution in [1.29, 1.82) is 0 Å². The van der Waals surface area contributed by atoms with Crippen LogP contribution >= 0.6 is 11.3 Å². The van der Waals surface area contributed by atoms with E-state index in [0.717, 1.165) is 22.7 Å².